The van der Waals surface area contributed by atoms with Gasteiger partial charge in [0.05, 0.1) is 0 Å². The highest BCUT2D eigenvalue weighted by Crippen LogP contribution is 2.03. The summed E-state index contributed by atoms with van der Waals surface area (Å²) in [6.07, 6.45) is 2.78. The van der Waals surface area contributed by atoms with Crippen LogP contribution in [0, 0.1) is 0 Å². The van der Waals surface area contributed by atoms with Crippen molar-refractivity contribution in [3.63, 3.8) is 0 Å². The second kappa shape index (κ2) is 4.78. The van der Waals surface area contributed by atoms with Crippen LogP contribution in [0.1, 0.15) is 13.3 Å². The molecule has 0 aliphatic carbocycles. The van der Waals surface area contributed by atoms with E-state index in [4.69, 9.17) is 0 Å². The molecule has 0 spiro atoms. The summed E-state index contributed by atoms with van der Waals surface area (Å²) in [7, 11) is 2.01. The van der Waals surface area contributed by atoms with Crippen molar-refractivity contribution in [2.75, 3.05) is 13.6 Å². The van der Waals surface area contributed by atoms with Crippen molar-refractivity contribution in [2.45, 2.75) is 13.3 Å². The Hall–Kier alpha value is -0.980. The maximum absolute atomic E-state index is 3.83. The van der Waals surface area contributed by atoms with Gasteiger partial charge in [0.1, 0.15) is 0 Å². The highest BCUT2D eigenvalue weighted by atomic mass is 15.1. The number of hydrogen-bond donors (Lipinski definition) is 0. The zero-order valence-corrected chi connectivity index (χ0v) is 7.56. The van der Waals surface area contributed by atoms with Gasteiger partial charge in [-0.05, 0) is 19.4 Å². The van der Waals surface area contributed by atoms with E-state index in [0.29, 0.717) is 0 Å². The van der Waals surface area contributed by atoms with Crippen LogP contribution in [-0.2, 0) is 0 Å². The van der Waals surface area contributed by atoms with E-state index in [0.717, 1.165) is 18.7 Å². The minimum absolute atomic E-state index is 0.964. The summed E-state index contributed by atoms with van der Waals surface area (Å²) in [4.78, 5) is 2.07. The molecule has 0 bridgehead atoms. The van der Waals surface area contributed by atoms with Crippen molar-refractivity contribution in [3.8, 4) is 0 Å². The molecule has 0 amide bonds. The standard InChI is InChI=1S/C10H17N/c1-6-10(4)11(5)8-7-9(2)3/h6H,1-2,4,7-8H2,3,5H3. The van der Waals surface area contributed by atoms with Crippen molar-refractivity contribution in [3.05, 3.63) is 37.1 Å². The molecule has 0 aliphatic rings. The van der Waals surface area contributed by atoms with Gasteiger partial charge in [0.25, 0.3) is 0 Å². The highest BCUT2D eigenvalue weighted by molar-refractivity contribution is 5.09. The average Bonchev–Trinajstić information content (AvgIpc) is 1.98. The maximum Gasteiger partial charge on any atom is 0.0284 e. The van der Waals surface area contributed by atoms with E-state index in [9.17, 15) is 0 Å². The van der Waals surface area contributed by atoms with Gasteiger partial charge in [-0.15, -0.1) is 6.58 Å². The van der Waals surface area contributed by atoms with Crippen LogP contribution in [0.25, 0.3) is 0 Å². The fourth-order valence-corrected chi connectivity index (χ4v) is 0.658. The Morgan fingerprint density at radius 3 is 2.36 bits per heavy atom. The first-order valence-electron chi connectivity index (χ1n) is 3.74. The predicted molar refractivity (Wildman–Crippen MR) is 51.4 cm³/mol. The Labute approximate surface area is 69.7 Å². The largest absolute Gasteiger partial charge is 0.375 e. The molecule has 0 radical (unpaired) electrons. The van der Waals surface area contributed by atoms with Crippen LogP contribution < -0.4 is 0 Å². The number of hydrogen-bond acceptors (Lipinski definition) is 1. The molecule has 11 heavy (non-hydrogen) atoms. The SMILES string of the molecule is C=CC(=C)N(C)CCC(=C)C. The third-order valence-electron chi connectivity index (χ3n) is 1.60. The fraction of sp³-hybridized carbons (Fsp3) is 0.400. The van der Waals surface area contributed by atoms with Gasteiger partial charge in [-0.2, -0.15) is 0 Å². The Morgan fingerprint density at radius 2 is 2.00 bits per heavy atom. The minimum Gasteiger partial charge on any atom is -0.375 e. The minimum atomic E-state index is 0.964. The van der Waals surface area contributed by atoms with Crippen LogP contribution >= 0.6 is 0 Å². The smallest absolute Gasteiger partial charge is 0.0284 e. The lowest BCUT2D eigenvalue weighted by Gasteiger charge is -2.18. The quantitative estimate of drug-likeness (QED) is 0.431. The van der Waals surface area contributed by atoms with Crippen LogP contribution in [0.2, 0.25) is 0 Å². The Kier molecular flexibility index (Phi) is 4.35. The molecule has 0 unspecified atom stereocenters. The molecule has 0 rings (SSSR count). The predicted octanol–water partition coefficient (Wildman–Crippen LogP) is 2.58. The van der Waals surface area contributed by atoms with Gasteiger partial charge >= 0.3 is 0 Å². The zero-order valence-electron chi connectivity index (χ0n) is 7.56. The maximum atomic E-state index is 3.83. The number of rotatable bonds is 5. The van der Waals surface area contributed by atoms with E-state index < -0.39 is 0 Å². The van der Waals surface area contributed by atoms with E-state index >= 15 is 0 Å². The summed E-state index contributed by atoms with van der Waals surface area (Å²) in [6, 6.07) is 0. The summed E-state index contributed by atoms with van der Waals surface area (Å²) >= 11 is 0. The third-order valence-corrected chi connectivity index (χ3v) is 1.60. The van der Waals surface area contributed by atoms with Crippen molar-refractivity contribution in [1.82, 2.24) is 4.90 Å². The summed E-state index contributed by atoms with van der Waals surface area (Å²) in [5.41, 5.74) is 2.17. The van der Waals surface area contributed by atoms with E-state index in [1.807, 2.05) is 14.0 Å². The molecule has 0 saturated carbocycles. The van der Waals surface area contributed by atoms with Crippen molar-refractivity contribution < 1.29 is 0 Å². The molecule has 0 aromatic carbocycles. The van der Waals surface area contributed by atoms with Gasteiger partial charge < -0.3 is 4.90 Å². The molecule has 0 aromatic rings. The molecule has 0 heterocycles. The Balaban J connectivity index is 3.68. The molecule has 0 N–H and O–H groups in total. The van der Waals surface area contributed by atoms with Crippen LogP contribution in [0.15, 0.2) is 37.1 Å². The molecule has 0 saturated heterocycles. The molecule has 0 aromatic heterocycles. The van der Waals surface area contributed by atoms with Gasteiger partial charge in [-0.25, -0.2) is 0 Å². The Morgan fingerprint density at radius 1 is 1.45 bits per heavy atom. The number of nitrogens with zero attached hydrogens (tertiary/aromatic N) is 1. The molecule has 1 heteroatoms. The van der Waals surface area contributed by atoms with Crippen LogP contribution in [0.5, 0.6) is 0 Å². The number of likely N-dealkylation sites (N-methyl/N-ethyl adjacent to an activating group) is 1. The first-order chi connectivity index (χ1) is 5.07. The van der Waals surface area contributed by atoms with Crippen molar-refractivity contribution in [1.29, 1.82) is 0 Å². The molecule has 0 atom stereocenters. The number of allylic oxidation sites excluding steroid dienone is 1. The van der Waals surface area contributed by atoms with Gasteiger partial charge in [0.15, 0.2) is 0 Å². The fourth-order valence-electron chi connectivity index (χ4n) is 0.658. The molecular formula is C10H17N. The molecule has 62 valence electrons. The molecule has 0 fully saturated rings. The van der Waals surface area contributed by atoms with E-state index in [-0.39, 0.29) is 0 Å². The van der Waals surface area contributed by atoms with Gasteiger partial charge in [-0.1, -0.05) is 18.7 Å². The Bertz CT molecular complexity index is 168. The van der Waals surface area contributed by atoms with Crippen molar-refractivity contribution >= 4 is 0 Å². The normalized spacial score (nSPS) is 8.91. The molecule has 0 aliphatic heterocycles. The van der Waals surface area contributed by atoms with Crippen LogP contribution in [0.3, 0.4) is 0 Å². The lowest BCUT2D eigenvalue weighted by atomic mass is 10.2. The van der Waals surface area contributed by atoms with Crippen LogP contribution in [0.4, 0.5) is 0 Å². The monoisotopic (exact) mass is 151 g/mol. The first kappa shape index (κ1) is 10.0. The van der Waals surface area contributed by atoms with Gasteiger partial charge in [0.2, 0.25) is 0 Å². The van der Waals surface area contributed by atoms with Gasteiger partial charge in [0, 0.05) is 19.3 Å². The van der Waals surface area contributed by atoms with Gasteiger partial charge in [-0.3, -0.25) is 0 Å². The lowest BCUT2D eigenvalue weighted by molar-refractivity contribution is 0.436. The zero-order chi connectivity index (χ0) is 8.85. The third kappa shape index (κ3) is 4.43. The second-order valence-electron chi connectivity index (χ2n) is 2.82. The highest BCUT2D eigenvalue weighted by Gasteiger charge is 1.96. The first-order valence-corrected chi connectivity index (χ1v) is 3.74. The average molecular weight is 151 g/mol. The summed E-state index contributed by atoms with van der Waals surface area (Å²) in [6.45, 7) is 14.3. The van der Waals surface area contributed by atoms with Crippen LogP contribution in [-0.4, -0.2) is 18.5 Å². The lowest BCUT2D eigenvalue weighted by Crippen LogP contribution is -2.17. The topological polar surface area (TPSA) is 3.24 Å². The molecular weight excluding hydrogens is 134 g/mol. The summed E-state index contributed by atoms with van der Waals surface area (Å²) in [5, 5.41) is 0. The summed E-state index contributed by atoms with van der Waals surface area (Å²) in [5.74, 6) is 0. The summed E-state index contributed by atoms with van der Waals surface area (Å²) < 4.78 is 0. The molecule has 1 nitrogen and oxygen atoms in total. The van der Waals surface area contributed by atoms with E-state index in [1.54, 1.807) is 6.08 Å². The van der Waals surface area contributed by atoms with E-state index in [2.05, 4.69) is 24.6 Å². The van der Waals surface area contributed by atoms with E-state index in [1.165, 1.54) is 5.57 Å². The second-order valence-corrected chi connectivity index (χ2v) is 2.82. The van der Waals surface area contributed by atoms with Crippen molar-refractivity contribution in [2.24, 2.45) is 0 Å².